The van der Waals surface area contributed by atoms with E-state index < -0.39 is 0 Å². The summed E-state index contributed by atoms with van der Waals surface area (Å²) in [6.45, 7) is 9.73. The van der Waals surface area contributed by atoms with Crippen molar-refractivity contribution in [1.29, 1.82) is 5.41 Å². The van der Waals surface area contributed by atoms with Crippen LogP contribution in [0.5, 0.6) is 5.75 Å². The van der Waals surface area contributed by atoms with Crippen molar-refractivity contribution in [2.75, 3.05) is 49.8 Å². The molecule has 0 aromatic heterocycles. The number of benzene rings is 1. The largest absolute Gasteiger partial charge is 0.490 e. The first-order chi connectivity index (χ1) is 12.1. The molecule has 0 spiro atoms. The van der Waals surface area contributed by atoms with Crippen molar-refractivity contribution in [3.8, 4) is 5.75 Å². The van der Waals surface area contributed by atoms with Crippen LogP contribution in [0.25, 0.3) is 0 Å². The van der Waals surface area contributed by atoms with Gasteiger partial charge in [-0.25, -0.2) is 0 Å². The SMILES string of the molecule is C=CSC(=N)N(CC)c1ccc2c(c1)N(CC1=CNCN1C)CCO2. The highest BCUT2D eigenvalue weighted by Crippen LogP contribution is 2.36. The summed E-state index contributed by atoms with van der Waals surface area (Å²) in [5.74, 6) is 0.906. The van der Waals surface area contributed by atoms with Crippen LogP contribution >= 0.6 is 11.8 Å². The lowest BCUT2D eigenvalue weighted by Gasteiger charge is -2.34. The minimum atomic E-state index is 0.475. The van der Waals surface area contributed by atoms with Crippen LogP contribution in [0.4, 0.5) is 11.4 Å². The maximum atomic E-state index is 8.23. The molecule has 134 valence electrons. The Kier molecular flexibility index (Phi) is 5.43. The van der Waals surface area contributed by atoms with Gasteiger partial charge in [0.2, 0.25) is 0 Å². The molecule has 2 heterocycles. The van der Waals surface area contributed by atoms with Crippen LogP contribution < -0.4 is 19.9 Å². The second kappa shape index (κ2) is 7.74. The highest BCUT2D eigenvalue weighted by molar-refractivity contribution is 8.16. The second-order valence-electron chi connectivity index (χ2n) is 5.95. The predicted octanol–water partition coefficient (Wildman–Crippen LogP) is 2.86. The Bertz CT molecular complexity index is 690. The van der Waals surface area contributed by atoms with Gasteiger partial charge in [-0.3, -0.25) is 5.41 Å². The fourth-order valence-corrected chi connectivity index (χ4v) is 3.57. The number of anilines is 2. The smallest absolute Gasteiger partial charge is 0.165 e. The molecule has 0 aliphatic carbocycles. The van der Waals surface area contributed by atoms with Gasteiger partial charge >= 0.3 is 0 Å². The fraction of sp³-hybridized carbons (Fsp3) is 0.389. The molecule has 6 nitrogen and oxygen atoms in total. The number of amidine groups is 1. The van der Waals surface area contributed by atoms with Gasteiger partial charge in [-0.1, -0.05) is 18.3 Å². The number of rotatable bonds is 5. The van der Waals surface area contributed by atoms with E-state index in [1.54, 1.807) is 5.41 Å². The Morgan fingerprint density at radius 2 is 2.36 bits per heavy atom. The molecule has 0 fully saturated rings. The Morgan fingerprint density at radius 1 is 1.52 bits per heavy atom. The summed E-state index contributed by atoms with van der Waals surface area (Å²) in [6, 6.07) is 6.15. The average Bonchev–Trinajstić information content (AvgIpc) is 3.01. The Balaban J connectivity index is 1.86. The third-order valence-corrected chi connectivity index (χ3v) is 5.02. The zero-order valence-corrected chi connectivity index (χ0v) is 15.6. The van der Waals surface area contributed by atoms with Gasteiger partial charge in [0.05, 0.1) is 31.1 Å². The van der Waals surface area contributed by atoms with Crippen LogP contribution in [0, 0.1) is 5.41 Å². The van der Waals surface area contributed by atoms with Crippen LogP contribution in [0.3, 0.4) is 0 Å². The molecule has 0 radical (unpaired) electrons. The van der Waals surface area contributed by atoms with Gasteiger partial charge < -0.3 is 24.8 Å². The molecule has 1 aromatic carbocycles. The third-order valence-electron chi connectivity index (χ3n) is 4.41. The molecular formula is C18H25N5OS. The zero-order chi connectivity index (χ0) is 17.8. The fourth-order valence-electron chi connectivity index (χ4n) is 3.05. The van der Waals surface area contributed by atoms with Crippen LogP contribution in [0.15, 0.2) is 42.1 Å². The highest BCUT2D eigenvalue weighted by atomic mass is 32.2. The first kappa shape index (κ1) is 17.5. The Hall–Kier alpha value is -2.28. The van der Waals surface area contributed by atoms with E-state index >= 15 is 0 Å². The molecule has 2 aliphatic heterocycles. The van der Waals surface area contributed by atoms with E-state index in [2.05, 4.69) is 47.9 Å². The predicted molar refractivity (Wildman–Crippen MR) is 107 cm³/mol. The van der Waals surface area contributed by atoms with Crippen LogP contribution in [-0.2, 0) is 0 Å². The molecule has 2 aliphatic rings. The number of hydrogen-bond acceptors (Lipinski definition) is 6. The van der Waals surface area contributed by atoms with Crippen LogP contribution in [0.2, 0.25) is 0 Å². The van der Waals surface area contributed by atoms with Crippen molar-refractivity contribution in [2.45, 2.75) is 6.92 Å². The van der Waals surface area contributed by atoms with E-state index in [0.29, 0.717) is 11.8 Å². The molecule has 0 saturated carbocycles. The lowest BCUT2D eigenvalue weighted by molar-refractivity contribution is 0.306. The first-order valence-electron chi connectivity index (χ1n) is 8.43. The van der Waals surface area contributed by atoms with Crippen LogP contribution in [-0.4, -0.2) is 50.0 Å². The number of nitrogens with zero attached hydrogens (tertiary/aromatic N) is 3. The monoisotopic (exact) mass is 359 g/mol. The molecule has 7 heteroatoms. The van der Waals surface area contributed by atoms with Crippen molar-refractivity contribution >= 4 is 28.3 Å². The summed E-state index contributed by atoms with van der Waals surface area (Å²) in [5, 5.41) is 13.7. The molecule has 0 unspecified atom stereocenters. The van der Waals surface area contributed by atoms with Gasteiger partial charge in [-0.05, 0) is 30.5 Å². The summed E-state index contributed by atoms with van der Waals surface area (Å²) in [4.78, 5) is 6.53. The Morgan fingerprint density at radius 3 is 3.04 bits per heavy atom. The number of thioether (sulfide) groups is 1. The lowest BCUT2D eigenvalue weighted by atomic mass is 10.2. The third kappa shape index (κ3) is 3.71. The number of ether oxygens (including phenoxy) is 1. The summed E-state index contributed by atoms with van der Waals surface area (Å²) >= 11 is 1.33. The number of nitrogens with one attached hydrogen (secondary N) is 2. The van der Waals surface area contributed by atoms with Crippen molar-refractivity contribution in [3.63, 3.8) is 0 Å². The van der Waals surface area contributed by atoms with Gasteiger partial charge in [0.1, 0.15) is 12.4 Å². The Labute approximate surface area is 153 Å². The molecule has 0 bridgehead atoms. The quantitative estimate of drug-likeness (QED) is 0.623. The van der Waals surface area contributed by atoms with Crippen molar-refractivity contribution < 1.29 is 4.74 Å². The van der Waals surface area contributed by atoms with E-state index in [4.69, 9.17) is 10.1 Å². The summed E-state index contributed by atoms with van der Waals surface area (Å²) < 4.78 is 5.84. The molecular weight excluding hydrogens is 334 g/mol. The molecule has 1 aromatic rings. The zero-order valence-electron chi connectivity index (χ0n) is 14.8. The molecule has 2 N–H and O–H groups in total. The van der Waals surface area contributed by atoms with E-state index in [1.165, 1.54) is 17.5 Å². The van der Waals surface area contributed by atoms with Gasteiger partial charge in [0.25, 0.3) is 0 Å². The van der Waals surface area contributed by atoms with Gasteiger partial charge in [0.15, 0.2) is 5.17 Å². The minimum absolute atomic E-state index is 0.475. The number of hydrogen-bond donors (Lipinski definition) is 2. The second-order valence-corrected chi connectivity index (χ2v) is 6.91. The molecule has 0 saturated heterocycles. The van der Waals surface area contributed by atoms with Gasteiger partial charge in [0, 0.05) is 25.5 Å². The van der Waals surface area contributed by atoms with Crippen LogP contribution in [0.1, 0.15) is 6.92 Å². The van der Waals surface area contributed by atoms with Crippen molar-refractivity contribution in [2.24, 2.45) is 0 Å². The molecule has 0 amide bonds. The molecule has 25 heavy (non-hydrogen) atoms. The summed E-state index contributed by atoms with van der Waals surface area (Å²) in [5.41, 5.74) is 3.35. The first-order valence-corrected chi connectivity index (χ1v) is 9.31. The van der Waals surface area contributed by atoms with E-state index in [1.807, 2.05) is 17.0 Å². The van der Waals surface area contributed by atoms with Gasteiger partial charge in [-0.15, -0.1) is 0 Å². The van der Waals surface area contributed by atoms with Crippen molar-refractivity contribution in [1.82, 2.24) is 10.2 Å². The highest BCUT2D eigenvalue weighted by Gasteiger charge is 2.23. The van der Waals surface area contributed by atoms with Crippen molar-refractivity contribution in [3.05, 3.63) is 42.1 Å². The van der Waals surface area contributed by atoms with E-state index in [0.717, 1.165) is 43.4 Å². The lowest BCUT2D eigenvalue weighted by Crippen LogP contribution is -2.37. The number of fused-ring (bicyclic) bond motifs is 1. The maximum Gasteiger partial charge on any atom is 0.165 e. The van der Waals surface area contributed by atoms with E-state index in [9.17, 15) is 0 Å². The van der Waals surface area contributed by atoms with Gasteiger partial charge in [-0.2, -0.15) is 0 Å². The summed E-state index contributed by atoms with van der Waals surface area (Å²) in [7, 11) is 2.09. The molecule has 0 atom stereocenters. The topological polar surface area (TPSA) is 54.8 Å². The number of likely N-dealkylation sites (N-methyl/N-ethyl adjacent to an activating group) is 1. The summed E-state index contributed by atoms with van der Waals surface area (Å²) in [6.07, 6.45) is 2.08. The van der Waals surface area contributed by atoms with E-state index in [-0.39, 0.29) is 0 Å². The standard InChI is InChI=1S/C18H25N5OS/c1-4-23(18(19)25-5-2)14-6-7-17-16(10-14)22(8-9-24-17)12-15-11-20-13-21(15)3/h5-7,10-11,19-20H,2,4,8-9,12-13H2,1,3H3. The molecule has 3 rings (SSSR count). The average molecular weight is 359 g/mol. The maximum absolute atomic E-state index is 8.23. The normalized spacial score (nSPS) is 15.8. The minimum Gasteiger partial charge on any atom is -0.490 e.